The molecule has 0 radical (unpaired) electrons. The van der Waals surface area contributed by atoms with Crippen molar-refractivity contribution in [3.63, 3.8) is 0 Å². The molecule has 1 heterocycles. The van der Waals surface area contributed by atoms with Gasteiger partial charge in [0.15, 0.2) is 0 Å². The van der Waals surface area contributed by atoms with Gasteiger partial charge in [-0.05, 0) is 19.3 Å². The Morgan fingerprint density at radius 2 is 2.31 bits per heavy atom. The van der Waals surface area contributed by atoms with Crippen LogP contribution in [0.2, 0.25) is 0 Å². The number of nitrogens with one attached hydrogen (secondary N) is 1. The SMILES string of the molecule is NCCN=C1NC2CCCCC2O1. The van der Waals surface area contributed by atoms with Crippen LogP contribution in [0.3, 0.4) is 0 Å². The first kappa shape index (κ1) is 8.81. The molecule has 4 heteroatoms. The Labute approximate surface area is 78.5 Å². The lowest BCUT2D eigenvalue weighted by molar-refractivity contribution is 0.159. The second-order valence-electron chi connectivity index (χ2n) is 3.67. The number of nitrogens with two attached hydrogens (primary N) is 1. The summed E-state index contributed by atoms with van der Waals surface area (Å²) in [6, 6.07) is 1.22. The van der Waals surface area contributed by atoms with Gasteiger partial charge in [0.25, 0.3) is 6.02 Å². The van der Waals surface area contributed by atoms with Gasteiger partial charge in [-0.3, -0.25) is 0 Å². The lowest BCUT2D eigenvalue weighted by atomic mass is 9.93. The summed E-state index contributed by atoms with van der Waals surface area (Å²) in [5.74, 6) is 0. The predicted octanol–water partition coefficient (Wildman–Crippen LogP) is 0.232. The van der Waals surface area contributed by atoms with Crippen molar-refractivity contribution in [2.24, 2.45) is 10.7 Å². The molecule has 0 amide bonds. The van der Waals surface area contributed by atoms with Crippen molar-refractivity contribution in [1.29, 1.82) is 0 Å². The van der Waals surface area contributed by atoms with Crippen LogP contribution >= 0.6 is 0 Å². The van der Waals surface area contributed by atoms with E-state index >= 15 is 0 Å². The molecule has 2 aliphatic rings. The maximum absolute atomic E-state index is 5.65. The molecule has 1 saturated carbocycles. The number of hydrogen-bond donors (Lipinski definition) is 2. The van der Waals surface area contributed by atoms with Crippen LogP contribution < -0.4 is 11.1 Å². The van der Waals surface area contributed by atoms with Crippen LogP contribution in [0.1, 0.15) is 25.7 Å². The zero-order valence-electron chi connectivity index (χ0n) is 7.83. The normalized spacial score (nSPS) is 35.3. The highest BCUT2D eigenvalue weighted by Crippen LogP contribution is 2.25. The molecule has 0 spiro atoms. The van der Waals surface area contributed by atoms with E-state index in [9.17, 15) is 0 Å². The largest absolute Gasteiger partial charge is 0.460 e. The molecule has 0 aromatic carbocycles. The molecule has 1 saturated heterocycles. The van der Waals surface area contributed by atoms with Crippen LogP contribution in [0.5, 0.6) is 0 Å². The fraction of sp³-hybridized carbons (Fsp3) is 0.889. The molecule has 1 aliphatic carbocycles. The van der Waals surface area contributed by atoms with Crippen molar-refractivity contribution in [1.82, 2.24) is 5.32 Å². The Balaban J connectivity index is 1.91. The van der Waals surface area contributed by atoms with Crippen molar-refractivity contribution in [2.45, 2.75) is 37.8 Å². The van der Waals surface area contributed by atoms with E-state index in [2.05, 4.69) is 10.3 Å². The minimum atomic E-state index is 0.366. The van der Waals surface area contributed by atoms with E-state index in [4.69, 9.17) is 10.5 Å². The average Bonchev–Trinajstić information content (AvgIpc) is 2.57. The maximum Gasteiger partial charge on any atom is 0.285 e. The van der Waals surface area contributed by atoms with Crippen molar-refractivity contribution in [3.05, 3.63) is 0 Å². The lowest BCUT2D eigenvalue weighted by Crippen LogP contribution is -2.34. The molecule has 1 aliphatic heterocycles. The van der Waals surface area contributed by atoms with Crippen LogP contribution in [0, 0.1) is 0 Å². The molecule has 4 nitrogen and oxygen atoms in total. The molecule has 0 aromatic heterocycles. The molecule has 13 heavy (non-hydrogen) atoms. The van der Waals surface area contributed by atoms with E-state index in [0.717, 1.165) is 0 Å². The molecule has 2 atom stereocenters. The van der Waals surface area contributed by atoms with Gasteiger partial charge in [0.1, 0.15) is 6.10 Å². The molecule has 0 aromatic rings. The number of hydrogen-bond acceptors (Lipinski definition) is 3. The molecule has 0 bridgehead atoms. The van der Waals surface area contributed by atoms with Gasteiger partial charge in [0.2, 0.25) is 0 Å². The van der Waals surface area contributed by atoms with E-state index in [1.54, 1.807) is 0 Å². The average molecular weight is 183 g/mol. The highest BCUT2D eigenvalue weighted by atomic mass is 16.5. The molecular weight excluding hydrogens is 166 g/mol. The Hall–Kier alpha value is -0.770. The zero-order valence-corrected chi connectivity index (χ0v) is 7.83. The number of rotatable bonds is 2. The van der Waals surface area contributed by atoms with Gasteiger partial charge in [0, 0.05) is 6.54 Å². The second-order valence-corrected chi connectivity index (χ2v) is 3.67. The van der Waals surface area contributed by atoms with E-state index < -0.39 is 0 Å². The monoisotopic (exact) mass is 183 g/mol. The standard InChI is InChI=1S/C9H17N3O/c10-5-6-11-9-12-7-3-1-2-4-8(7)13-9/h7-8H,1-6,10H2,(H,11,12). The minimum absolute atomic E-state index is 0.366. The first-order valence-corrected chi connectivity index (χ1v) is 5.08. The molecule has 3 N–H and O–H groups in total. The minimum Gasteiger partial charge on any atom is -0.460 e. The van der Waals surface area contributed by atoms with E-state index in [-0.39, 0.29) is 0 Å². The number of nitrogens with zero attached hydrogens (tertiary/aromatic N) is 1. The van der Waals surface area contributed by atoms with Crippen molar-refractivity contribution >= 4 is 6.02 Å². The van der Waals surface area contributed by atoms with Crippen LogP contribution in [0.25, 0.3) is 0 Å². The summed E-state index contributed by atoms with van der Waals surface area (Å²) in [5.41, 5.74) is 5.36. The Kier molecular flexibility index (Phi) is 2.68. The summed E-state index contributed by atoms with van der Waals surface area (Å²) >= 11 is 0. The number of fused-ring (bicyclic) bond motifs is 1. The van der Waals surface area contributed by atoms with Gasteiger partial charge in [-0.2, -0.15) is 0 Å². The fourth-order valence-corrected chi connectivity index (χ4v) is 1.99. The summed E-state index contributed by atoms with van der Waals surface area (Å²) in [6.45, 7) is 1.24. The van der Waals surface area contributed by atoms with Crippen molar-refractivity contribution in [2.75, 3.05) is 13.1 Å². The third-order valence-corrected chi connectivity index (χ3v) is 2.66. The van der Waals surface area contributed by atoms with Crippen LogP contribution in [0.4, 0.5) is 0 Å². The molecule has 2 rings (SSSR count). The van der Waals surface area contributed by atoms with E-state index in [0.29, 0.717) is 31.3 Å². The predicted molar refractivity (Wildman–Crippen MR) is 51.6 cm³/mol. The summed E-state index contributed by atoms with van der Waals surface area (Å²) in [4.78, 5) is 4.22. The zero-order chi connectivity index (χ0) is 9.10. The molecule has 2 unspecified atom stereocenters. The number of ether oxygens (including phenoxy) is 1. The lowest BCUT2D eigenvalue weighted by Gasteiger charge is -2.21. The summed E-state index contributed by atoms with van der Waals surface area (Å²) in [5, 5.41) is 3.30. The summed E-state index contributed by atoms with van der Waals surface area (Å²) < 4.78 is 5.65. The van der Waals surface area contributed by atoms with E-state index in [1.807, 2.05) is 0 Å². The Morgan fingerprint density at radius 3 is 3.08 bits per heavy atom. The number of aliphatic imine (C=N–C) groups is 1. The first-order valence-electron chi connectivity index (χ1n) is 5.08. The van der Waals surface area contributed by atoms with Gasteiger partial charge < -0.3 is 15.8 Å². The molecule has 74 valence electrons. The van der Waals surface area contributed by atoms with Crippen LogP contribution in [-0.4, -0.2) is 31.3 Å². The van der Waals surface area contributed by atoms with Crippen molar-refractivity contribution in [3.8, 4) is 0 Å². The maximum atomic E-state index is 5.65. The summed E-state index contributed by atoms with van der Waals surface area (Å²) in [6.07, 6.45) is 5.34. The number of amidine groups is 1. The fourth-order valence-electron chi connectivity index (χ4n) is 1.99. The van der Waals surface area contributed by atoms with Gasteiger partial charge in [0.05, 0.1) is 12.6 Å². The smallest absolute Gasteiger partial charge is 0.285 e. The summed E-state index contributed by atoms with van der Waals surface area (Å²) in [7, 11) is 0. The first-order chi connectivity index (χ1) is 6.40. The quantitative estimate of drug-likeness (QED) is 0.644. The molecule has 2 fully saturated rings. The third-order valence-electron chi connectivity index (χ3n) is 2.66. The Morgan fingerprint density at radius 1 is 1.46 bits per heavy atom. The Bertz CT molecular complexity index is 189. The van der Waals surface area contributed by atoms with Gasteiger partial charge in [-0.15, -0.1) is 0 Å². The topological polar surface area (TPSA) is 59.6 Å². The van der Waals surface area contributed by atoms with Crippen LogP contribution in [-0.2, 0) is 4.74 Å². The van der Waals surface area contributed by atoms with Gasteiger partial charge in [-0.1, -0.05) is 6.42 Å². The van der Waals surface area contributed by atoms with Gasteiger partial charge >= 0.3 is 0 Å². The second kappa shape index (κ2) is 3.96. The highest BCUT2D eigenvalue weighted by molar-refractivity contribution is 5.76. The van der Waals surface area contributed by atoms with Crippen LogP contribution in [0.15, 0.2) is 4.99 Å². The third kappa shape index (κ3) is 1.94. The molecular formula is C9H17N3O. The van der Waals surface area contributed by atoms with Crippen molar-refractivity contribution < 1.29 is 4.74 Å². The van der Waals surface area contributed by atoms with E-state index in [1.165, 1.54) is 25.7 Å². The van der Waals surface area contributed by atoms with Gasteiger partial charge in [-0.25, -0.2) is 4.99 Å². The highest BCUT2D eigenvalue weighted by Gasteiger charge is 2.34.